The number of ketones is 1. The summed E-state index contributed by atoms with van der Waals surface area (Å²) in [5.74, 6) is -0.144. The highest BCUT2D eigenvalue weighted by atomic mass is 16.1. The zero-order valence-corrected chi connectivity index (χ0v) is 10.9. The molecule has 0 N–H and O–H groups in total. The Morgan fingerprint density at radius 3 is 2.60 bits per heavy atom. The predicted molar refractivity (Wildman–Crippen MR) is 75.3 cm³/mol. The minimum atomic E-state index is -0.144. The van der Waals surface area contributed by atoms with Gasteiger partial charge >= 0.3 is 0 Å². The zero-order chi connectivity index (χ0) is 14.1. The number of imidazole rings is 1. The molecule has 0 aliphatic heterocycles. The number of pyridine rings is 1. The van der Waals surface area contributed by atoms with Crippen LogP contribution in [0.5, 0.6) is 0 Å². The van der Waals surface area contributed by atoms with E-state index in [-0.39, 0.29) is 5.78 Å². The molecule has 0 amide bonds. The van der Waals surface area contributed by atoms with Gasteiger partial charge in [-0.25, -0.2) is 4.98 Å². The Labute approximate surface area is 115 Å². The molecule has 4 nitrogen and oxygen atoms in total. The molecule has 0 saturated carbocycles. The SMILES string of the molecule is CC(=O)c1ncn2c(-c3ccccc3)ccc(C#N)c12. The average molecular weight is 261 g/mol. The van der Waals surface area contributed by atoms with Gasteiger partial charge in [0.05, 0.1) is 16.8 Å². The number of aromatic nitrogens is 2. The second kappa shape index (κ2) is 4.63. The van der Waals surface area contributed by atoms with Gasteiger partial charge in [-0.2, -0.15) is 5.26 Å². The summed E-state index contributed by atoms with van der Waals surface area (Å²) in [7, 11) is 0. The Hall–Kier alpha value is -2.93. The van der Waals surface area contributed by atoms with Crippen LogP contribution in [-0.4, -0.2) is 15.2 Å². The number of nitriles is 1. The number of benzene rings is 1. The Balaban J connectivity index is 2.38. The second-order valence-corrected chi connectivity index (χ2v) is 4.48. The lowest BCUT2D eigenvalue weighted by atomic mass is 10.1. The van der Waals surface area contributed by atoms with Gasteiger partial charge in [-0.15, -0.1) is 0 Å². The van der Waals surface area contributed by atoms with E-state index >= 15 is 0 Å². The molecule has 0 bridgehead atoms. The van der Waals surface area contributed by atoms with Crippen LogP contribution in [0.25, 0.3) is 16.8 Å². The summed E-state index contributed by atoms with van der Waals surface area (Å²) < 4.78 is 1.80. The van der Waals surface area contributed by atoms with E-state index in [1.807, 2.05) is 36.4 Å². The Morgan fingerprint density at radius 1 is 1.20 bits per heavy atom. The van der Waals surface area contributed by atoms with E-state index in [0.29, 0.717) is 16.8 Å². The maximum atomic E-state index is 11.7. The van der Waals surface area contributed by atoms with Crippen molar-refractivity contribution < 1.29 is 4.79 Å². The summed E-state index contributed by atoms with van der Waals surface area (Å²) in [5, 5.41) is 9.22. The van der Waals surface area contributed by atoms with Crippen LogP contribution in [0.1, 0.15) is 23.0 Å². The van der Waals surface area contributed by atoms with E-state index in [1.165, 1.54) is 6.92 Å². The molecule has 4 heteroatoms. The fourth-order valence-electron chi connectivity index (χ4n) is 2.30. The highest BCUT2D eigenvalue weighted by Gasteiger charge is 2.15. The summed E-state index contributed by atoms with van der Waals surface area (Å²) in [6.45, 7) is 1.46. The lowest BCUT2D eigenvalue weighted by Gasteiger charge is -2.07. The first-order valence-electron chi connectivity index (χ1n) is 6.19. The number of nitrogens with zero attached hydrogens (tertiary/aromatic N) is 3. The largest absolute Gasteiger partial charge is 0.297 e. The monoisotopic (exact) mass is 261 g/mol. The van der Waals surface area contributed by atoms with Gasteiger partial charge in [0, 0.05) is 6.92 Å². The summed E-state index contributed by atoms with van der Waals surface area (Å²) >= 11 is 0. The van der Waals surface area contributed by atoms with Gasteiger partial charge in [-0.3, -0.25) is 9.20 Å². The van der Waals surface area contributed by atoms with Crippen molar-refractivity contribution in [1.82, 2.24) is 9.38 Å². The summed E-state index contributed by atoms with van der Waals surface area (Å²) in [6.07, 6.45) is 1.59. The second-order valence-electron chi connectivity index (χ2n) is 4.48. The summed E-state index contributed by atoms with van der Waals surface area (Å²) in [4.78, 5) is 15.8. The molecule has 3 rings (SSSR count). The third-order valence-corrected chi connectivity index (χ3v) is 3.21. The molecule has 0 unspecified atom stereocenters. The molecule has 96 valence electrons. The highest BCUT2D eigenvalue weighted by Crippen LogP contribution is 2.25. The fraction of sp³-hybridized carbons (Fsp3) is 0.0625. The maximum Gasteiger partial charge on any atom is 0.180 e. The molecule has 0 fully saturated rings. The van der Waals surface area contributed by atoms with Gasteiger partial charge in [0.25, 0.3) is 0 Å². The van der Waals surface area contributed by atoms with Gasteiger partial charge in [0.2, 0.25) is 0 Å². The van der Waals surface area contributed by atoms with Crippen molar-refractivity contribution in [2.75, 3.05) is 0 Å². The molecule has 0 saturated heterocycles. The minimum absolute atomic E-state index is 0.144. The molecular weight excluding hydrogens is 250 g/mol. The third-order valence-electron chi connectivity index (χ3n) is 3.21. The first-order chi connectivity index (χ1) is 9.72. The molecule has 0 spiro atoms. The predicted octanol–water partition coefficient (Wildman–Crippen LogP) is 3.08. The van der Waals surface area contributed by atoms with E-state index in [4.69, 9.17) is 0 Å². The standard InChI is InChI=1S/C16H11N3O/c1-11(20)15-16-13(9-17)7-8-14(19(16)10-18-15)12-5-3-2-4-6-12/h2-8,10H,1H3. The van der Waals surface area contributed by atoms with E-state index in [2.05, 4.69) is 11.1 Å². The number of rotatable bonds is 2. The molecule has 1 aromatic carbocycles. The molecular formula is C16H11N3O. The zero-order valence-electron chi connectivity index (χ0n) is 10.9. The quantitative estimate of drug-likeness (QED) is 0.666. The molecule has 0 atom stereocenters. The highest BCUT2D eigenvalue weighted by molar-refractivity contribution is 6.00. The molecule has 0 aliphatic carbocycles. The number of carbonyl (C=O) groups is 1. The van der Waals surface area contributed by atoms with Crippen LogP contribution < -0.4 is 0 Å². The van der Waals surface area contributed by atoms with Crippen molar-refractivity contribution in [3.05, 3.63) is 60.0 Å². The van der Waals surface area contributed by atoms with Gasteiger partial charge in [0.1, 0.15) is 18.1 Å². The normalized spacial score (nSPS) is 10.4. The molecule has 20 heavy (non-hydrogen) atoms. The van der Waals surface area contributed by atoms with Crippen molar-refractivity contribution in [3.8, 4) is 17.3 Å². The number of hydrogen-bond acceptors (Lipinski definition) is 3. The molecule has 0 aliphatic rings. The Kier molecular flexibility index (Phi) is 2.81. The average Bonchev–Trinajstić information content (AvgIpc) is 2.92. The topological polar surface area (TPSA) is 58.2 Å². The van der Waals surface area contributed by atoms with Gasteiger partial charge < -0.3 is 0 Å². The minimum Gasteiger partial charge on any atom is -0.297 e. The van der Waals surface area contributed by atoms with Crippen molar-refractivity contribution in [2.24, 2.45) is 0 Å². The van der Waals surface area contributed by atoms with Crippen LogP contribution >= 0.6 is 0 Å². The van der Waals surface area contributed by atoms with Crippen LogP contribution in [0.2, 0.25) is 0 Å². The number of hydrogen-bond donors (Lipinski definition) is 0. The van der Waals surface area contributed by atoms with Crippen molar-refractivity contribution in [3.63, 3.8) is 0 Å². The van der Waals surface area contributed by atoms with Crippen LogP contribution in [0.15, 0.2) is 48.8 Å². The van der Waals surface area contributed by atoms with Crippen molar-refractivity contribution in [2.45, 2.75) is 6.92 Å². The van der Waals surface area contributed by atoms with Crippen LogP contribution in [0.4, 0.5) is 0 Å². The smallest absolute Gasteiger partial charge is 0.180 e. The molecule has 2 heterocycles. The van der Waals surface area contributed by atoms with Crippen molar-refractivity contribution >= 4 is 11.3 Å². The van der Waals surface area contributed by atoms with Gasteiger partial charge in [-0.05, 0) is 17.7 Å². The maximum absolute atomic E-state index is 11.7. The number of fused-ring (bicyclic) bond motifs is 1. The lowest BCUT2D eigenvalue weighted by molar-refractivity contribution is 0.101. The van der Waals surface area contributed by atoms with E-state index in [1.54, 1.807) is 16.8 Å². The van der Waals surface area contributed by atoms with E-state index in [0.717, 1.165) is 11.3 Å². The van der Waals surface area contributed by atoms with Crippen LogP contribution in [-0.2, 0) is 0 Å². The Morgan fingerprint density at radius 2 is 1.95 bits per heavy atom. The summed E-state index contributed by atoms with van der Waals surface area (Å²) in [6, 6.07) is 15.5. The van der Waals surface area contributed by atoms with Crippen LogP contribution in [0, 0.1) is 11.3 Å². The number of carbonyl (C=O) groups excluding carboxylic acids is 1. The summed E-state index contributed by atoms with van der Waals surface area (Å²) in [5.41, 5.74) is 3.27. The van der Waals surface area contributed by atoms with Crippen molar-refractivity contribution in [1.29, 1.82) is 5.26 Å². The fourth-order valence-corrected chi connectivity index (χ4v) is 2.30. The van der Waals surface area contributed by atoms with E-state index < -0.39 is 0 Å². The van der Waals surface area contributed by atoms with E-state index in [9.17, 15) is 10.1 Å². The third kappa shape index (κ3) is 1.77. The Bertz CT molecular complexity index is 841. The van der Waals surface area contributed by atoms with Gasteiger partial charge in [-0.1, -0.05) is 30.3 Å². The molecule has 3 aromatic rings. The molecule has 2 aromatic heterocycles. The first-order valence-corrected chi connectivity index (χ1v) is 6.19. The van der Waals surface area contributed by atoms with Gasteiger partial charge in [0.15, 0.2) is 5.78 Å². The first kappa shape index (κ1) is 12.1. The lowest BCUT2D eigenvalue weighted by Crippen LogP contribution is -1.98. The number of Topliss-reactive ketones (excluding diaryl/α,β-unsaturated/α-hetero) is 1. The molecule has 0 radical (unpaired) electrons. The van der Waals surface area contributed by atoms with Crippen LogP contribution in [0.3, 0.4) is 0 Å².